The highest BCUT2D eigenvalue weighted by molar-refractivity contribution is 5.78. The van der Waals surface area contributed by atoms with Crippen LogP contribution in [0.15, 0.2) is 36.4 Å². The minimum atomic E-state index is -0.683. The molecule has 31 heavy (non-hydrogen) atoms. The molecule has 0 bridgehead atoms. The number of rotatable bonds is 8. The smallest absolute Gasteiger partial charge is 0.225 e. The number of fused-ring (bicyclic) bond motifs is 1. The second kappa shape index (κ2) is 10.3. The van der Waals surface area contributed by atoms with Crippen molar-refractivity contribution in [3.05, 3.63) is 64.2 Å². The molecule has 0 fully saturated rings. The van der Waals surface area contributed by atoms with Crippen molar-refractivity contribution in [1.82, 2.24) is 4.90 Å². The Hall–Kier alpha value is -2.37. The summed E-state index contributed by atoms with van der Waals surface area (Å²) >= 11 is 0. The van der Waals surface area contributed by atoms with Gasteiger partial charge in [0.05, 0.1) is 12.7 Å². The number of aryl methyl sites for hydroxylation is 1. The van der Waals surface area contributed by atoms with Gasteiger partial charge in [0.2, 0.25) is 5.91 Å². The molecule has 0 saturated heterocycles. The Morgan fingerprint density at radius 3 is 2.61 bits per heavy atom. The number of hydrogen-bond acceptors (Lipinski definition) is 4. The first kappa shape index (κ1) is 23.3. The summed E-state index contributed by atoms with van der Waals surface area (Å²) in [7, 11) is 3.49. The zero-order chi connectivity index (χ0) is 22.5. The molecular weight excluding hydrogens is 390 g/mol. The lowest BCUT2D eigenvalue weighted by molar-refractivity contribution is -0.138. The van der Waals surface area contributed by atoms with Gasteiger partial charge in [0, 0.05) is 32.5 Å². The standard InChI is InChI=1S/C26H35NO4/c1-17-15-23(31-14-13-30-5)19(3)24-21(17)11-12-22(25(24)28)18(2)26(29)27(4)16-20-9-7-6-8-10-20/h6-10,15,18,22,25,28H,11-14,16H2,1-5H3/t18-,22?,25+/m0/s1. The van der Waals surface area contributed by atoms with Crippen LogP contribution in [0.2, 0.25) is 0 Å². The molecule has 3 rings (SSSR count). The number of hydrogen-bond donors (Lipinski definition) is 1. The summed E-state index contributed by atoms with van der Waals surface area (Å²) in [6.07, 6.45) is 0.976. The van der Waals surface area contributed by atoms with Crippen LogP contribution >= 0.6 is 0 Å². The monoisotopic (exact) mass is 425 g/mol. The van der Waals surface area contributed by atoms with E-state index in [1.165, 1.54) is 5.56 Å². The molecule has 168 valence electrons. The van der Waals surface area contributed by atoms with E-state index in [1.807, 2.05) is 51.2 Å². The summed E-state index contributed by atoms with van der Waals surface area (Å²) in [6, 6.07) is 12.0. The first-order chi connectivity index (χ1) is 14.8. The molecule has 0 spiro atoms. The molecule has 0 saturated carbocycles. The van der Waals surface area contributed by atoms with Gasteiger partial charge in [0.25, 0.3) is 0 Å². The number of carbonyl (C=O) groups excluding carboxylic acids is 1. The number of aliphatic hydroxyl groups is 1. The van der Waals surface area contributed by atoms with Crippen LogP contribution < -0.4 is 4.74 Å². The van der Waals surface area contributed by atoms with E-state index < -0.39 is 6.10 Å². The number of carbonyl (C=O) groups is 1. The van der Waals surface area contributed by atoms with E-state index in [9.17, 15) is 9.90 Å². The Balaban J connectivity index is 1.78. The third-order valence-corrected chi connectivity index (χ3v) is 6.57. The predicted molar refractivity (Wildman–Crippen MR) is 122 cm³/mol. The van der Waals surface area contributed by atoms with Gasteiger partial charge in [-0.2, -0.15) is 0 Å². The molecule has 1 N–H and O–H groups in total. The van der Waals surface area contributed by atoms with Crippen LogP contribution in [0.25, 0.3) is 0 Å². The second-order valence-corrected chi connectivity index (χ2v) is 8.67. The van der Waals surface area contributed by atoms with Crippen LogP contribution in [0, 0.1) is 25.7 Å². The Kier molecular flexibility index (Phi) is 7.74. The van der Waals surface area contributed by atoms with E-state index in [-0.39, 0.29) is 17.7 Å². The number of amides is 1. The largest absolute Gasteiger partial charge is 0.491 e. The maximum atomic E-state index is 13.2. The number of methoxy groups -OCH3 is 1. The lowest BCUT2D eigenvalue weighted by atomic mass is 9.72. The molecule has 1 unspecified atom stereocenters. The Morgan fingerprint density at radius 2 is 1.94 bits per heavy atom. The summed E-state index contributed by atoms with van der Waals surface area (Å²) in [5.74, 6) is 0.464. The van der Waals surface area contributed by atoms with E-state index >= 15 is 0 Å². The molecule has 0 heterocycles. The number of aliphatic hydroxyl groups excluding tert-OH is 1. The summed E-state index contributed by atoms with van der Waals surface area (Å²) < 4.78 is 11.0. The second-order valence-electron chi connectivity index (χ2n) is 8.67. The minimum Gasteiger partial charge on any atom is -0.491 e. The molecule has 3 atom stereocenters. The third kappa shape index (κ3) is 5.10. The maximum absolute atomic E-state index is 13.2. The van der Waals surface area contributed by atoms with Crippen LogP contribution in [-0.4, -0.2) is 43.3 Å². The van der Waals surface area contributed by atoms with Gasteiger partial charge in [0.15, 0.2) is 0 Å². The van der Waals surface area contributed by atoms with Gasteiger partial charge in [-0.05, 0) is 60.6 Å². The molecule has 1 aliphatic carbocycles. The predicted octanol–water partition coefficient (Wildman–Crippen LogP) is 4.22. The zero-order valence-electron chi connectivity index (χ0n) is 19.4. The fourth-order valence-corrected chi connectivity index (χ4v) is 4.75. The van der Waals surface area contributed by atoms with Crippen LogP contribution in [0.3, 0.4) is 0 Å². The average Bonchev–Trinajstić information content (AvgIpc) is 2.76. The molecule has 2 aromatic carbocycles. The van der Waals surface area contributed by atoms with Gasteiger partial charge in [-0.3, -0.25) is 4.79 Å². The van der Waals surface area contributed by atoms with E-state index in [2.05, 4.69) is 13.0 Å². The minimum absolute atomic E-state index is 0.0678. The van der Waals surface area contributed by atoms with Crippen molar-refractivity contribution in [2.45, 2.75) is 46.3 Å². The van der Waals surface area contributed by atoms with E-state index in [4.69, 9.17) is 9.47 Å². The molecule has 0 aliphatic heterocycles. The molecule has 5 heteroatoms. The highest BCUT2D eigenvalue weighted by Gasteiger charge is 2.38. The Bertz CT molecular complexity index is 896. The first-order valence-electron chi connectivity index (χ1n) is 11.1. The normalized spacial score (nSPS) is 18.9. The maximum Gasteiger partial charge on any atom is 0.225 e. The summed E-state index contributed by atoms with van der Waals surface area (Å²) in [5.41, 5.74) is 5.33. The molecule has 0 aromatic heterocycles. The van der Waals surface area contributed by atoms with Crippen molar-refractivity contribution in [3.63, 3.8) is 0 Å². The molecule has 1 amide bonds. The number of ether oxygens (including phenoxy) is 2. The average molecular weight is 426 g/mol. The molecule has 1 aliphatic rings. The van der Waals surface area contributed by atoms with Crippen LogP contribution in [0.5, 0.6) is 5.75 Å². The highest BCUT2D eigenvalue weighted by Crippen LogP contribution is 2.44. The number of benzene rings is 2. The number of nitrogens with zero attached hydrogens (tertiary/aromatic N) is 1. The fourth-order valence-electron chi connectivity index (χ4n) is 4.75. The molecule has 0 radical (unpaired) electrons. The van der Waals surface area contributed by atoms with Gasteiger partial charge >= 0.3 is 0 Å². The highest BCUT2D eigenvalue weighted by atomic mass is 16.5. The molecule has 5 nitrogen and oxygen atoms in total. The van der Waals surface area contributed by atoms with E-state index in [0.717, 1.165) is 40.8 Å². The topological polar surface area (TPSA) is 59.0 Å². The Morgan fingerprint density at radius 1 is 1.23 bits per heavy atom. The van der Waals surface area contributed by atoms with E-state index in [1.54, 1.807) is 12.0 Å². The van der Waals surface area contributed by atoms with Gasteiger partial charge in [-0.15, -0.1) is 0 Å². The van der Waals surface area contributed by atoms with Gasteiger partial charge in [-0.1, -0.05) is 37.3 Å². The third-order valence-electron chi connectivity index (χ3n) is 6.57. The fraction of sp³-hybridized carbons (Fsp3) is 0.500. The van der Waals surface area contributed by atoms with Gasteiger partial charge in [0.1, 0.15) is 12.4 Å². The summed E-state index contributed by atoms with van der Waals surface area (Å²) in [5, 5.41) is 11.4. The zero-order valence-corrected chi connectivity index (χ0v) is 19.4. The lowest BCUT2D eigenvalue weighted by Crippen LogP contribution is -2.38. The van der Waals surface area contributed by atoms with Crippen molar-refractivity contribution in [2.75, 3.05) is 27.4 Å². The van der Waals surface area contributed by atoms with Crippen LogP contribution in [0.4, 0.5) is 0 Å². The van der Waals surface area contributed by atoms with Crippen LogP contribution in [-0.2, 0) is 22.5 Å². The van der Waals surface area contributed by atoms with Crippen molar-refractivity contribution in [3.8, 4) is 5.75 Å². The van der Waals surface area contributed by atoms with Gasteiger partial charge < -0.3 is 19.5 Å². The quantitative estimate of drug-likeness (QED) is 0.644. The summed E-state index contributed by atoms with van der Waals surface area (Å²) in [6.45, 7) is 7.56. The van der Waals surface area contributed by atoms with Crippen molar-refractivity contribution >= 4 is 5.91 Å². The molecule has 2 aromatic rings. The van der Waals surface area contributed by atoms with Crippen molar-refractivity contribution in [1.29, 1.82) is 0 Å². The van der Waals surface area contributed by atoms with Crippen molar-refractivity contribution in [2.24, 2.45) is 11.8 Å². The first-order valence-corrected chi connectivity index (χ1v) is 11.1. The lowest BCUT2D eigenvalue weighted by Gasteiger charge is -2.37. The molecular formula is C26H35NO4. The van der Waals surface area contributed by atoms with Crippen LogP contribution in [0.1, 0.15) is 47.3 Å². The SMILES string of the molecule is COCCOc1cc(C)c2c(c1C)[C@H](O)C([C@H](C)C(=O)N(C)Cc1ccccc1)CC2. The summed E-state index contributed by atoms with van der Waals surface area (Å²) in [4.78, 5) is 14.9. The van der Waals surface area contributed by atoms with Gasteiger partial charge in [-0.25, -0.2) is 0 Å². The van der Waals surface area contributed by atoms with E-state index in [0.29, 0.717) is 19.8 Å². The Labute approximate surface area is 186 Å². The van der Waals surface area contributed by atoms with Crippen molar-refractivity contribution < 1.29 is 19.4 Å².